The number of halogens is 4. The molecular formula is C17H16F4N2O2S. The van der Waals surface area contributed by atoms with Crippen LogP contribution in [0.4, 0.5) is 17.6 Å². The lowest BCUT2D eigenvalue weighted by Crippen LogP contribution is -2.32. The fourth-order valence-corrected chi connectivity index (χ4v) is 2.62. The van der Waals surface area contributed by atoms with Gasteiger partial charge in [0.2, 0.25) is 5.91 Å². The van der Waals surface area contributed by atoms with Crippen molar-refractivity contribution >= 4 is 17.7 Å². The largest absolute Gasteiger partial charge is 0.492 e. The minimum Gasteiger partial charge on any atom is -0.492 e. The molecular weight excluding hydrogens is 372 g/mol. The predicted octanol–water partition coefficient (Wildman–Crippen LogP) is 3.87. The monoisotopic (exact) mass is 388 g/mol. The highest BCUT2D eigenvalue weighted by Gasteiger charge is 2.30. The minimum atomic E-state index is -4.43. The van der Waals surface area contributed by atoms with Crippen LogP contribution in [0.1, 0.15) is 5.56 Å². The van der Waals surface area contributed by atoms with Gasteiger partial charge in [-0.15, -0.1) is 0 Å². The summed E-state index contributed by atoms with van der Waals surface area (Å²) in [4.78, 5) is 17.2. The Bertz CT molecular complexity index is 721. The van der Waals surface area contributed by atoms with Crippen molar-refractivity contribution in [3.8, 4) is 5.75 Å². The van der Waals surface area contributed by atoms with E-state index in [2.05, 4.69) is 4.98 Å². The van der Waals surface area contributed by atoms with E-state index in [0.29, 0.717) is 17.3 Å². The second kappa shape index (κ2) is 8.88. The fourth-order valence-electron chi connectivity index (χ4n) is 1.84. The summed E-state index contributed by atoms with van der Waals surface area (Å²) in [6.45, 7) is 0.550. The van der Waals surface area contributed by atoms with Gasteiger partial charge in [-0.2, -0.15) is 13.2 Å². The van der Waals surface area contributed by atoms with Gasteiger partial charge < -0.3 is 9.64 Å². The van der Waals surface area contributed by atoms with Crippen molar-refractivity contribution in [2.75, 3.05) is 26.0 Å². The van der Waals surface area contributed by atoms with Crippen LogP contribution in [0.2, 0.25) is 0 Å². The van der Waals surface area contributed by atoms with E-state index >= 15 is 0 Å². The van der Waals surface area contributed by atoms with Crippen LogP contribution in [0, 0.1) is 5.82 Å². The van der Waals surface area contributed by atoms with Crippen molar-refractivity contribution in [2.24, 2.45) is 0 Å². The molecule has 0 aliphatic rings. The lowest BCUT2D eigenvalue weighted by atomic mass is 10.3. The number of ether oxygens (including phenoxy) is 1. The van der Waals surface area contributed by atoms with Crippen molar-refractivity contribution in [1.82, 2.24) is 9.88 Å². The van der Waals surface area contributed by atoms with Crippen molar-refractivity contribution in [2.45, 2.75) is 11.2 Å². The molecule has 1 aromatic carbocycles. The Balaban J connectivity index is 1.73. The van der Waals surface area contributed by atoms with Crippen LogP contribution in [0.15, 0.2) is 47.6 Å². The summed E-state index contributed by atoms with van der Waals surface area (Å²) in [6.07, 6.45) is -3.69. The van der Waals surface area contributed by atoms with E-state index in [9.17, 15) is 22.4 Å². The van der Waals surface area contributed by atoms with Crippen molar-refractivity contribution < 1.29 is 27.1 Å². The molecule has 0 spiro atoms. The van der Waals surface area contributed by atoms with E-state index in [1.807, 2.05) is 0 Å². The molecule has 1 aromatic heterocycles. The number of nitrogens with zero attached hydrogens (tertiary/aromatic N) is 2. The molecule has 2 aromatic rings. The number of hydrogen-bond donors (Lipinski definition) is 0. The highest BCUT2D eigenvalue weighted by Crippen LogP contribution is 2.29. The molecule has 0 N–H and O–H groups in total. The number of carbonyl (C=O) groups is 1. The number of thioether (sulfide) groups is 1. The average molecular weight is 388 g/mol. The van der Waals surface area contributed by atoms with Gasteiger partial charge in [-0.1, -0.05) is 11.8 Å². The number of alkyl halides is 3. The number of carbonyl (C=O) groups excluding carboxylic acids is 1. The molecule has 0 saturated heterocycles. The first-order valence-corrected chi connectivity index (χ1v) is 8.52. The third kappa shape index (κ3) is 6.21. The first-order valence-electron chi connectivity index (χ1n) is 7.54. The second-order valence-corrected chi connectivity index (χ2v) is 6.28. The summed E-state index contributed by atoms with van der Waals surface area (Å²) in [6, 6.07) is 7.70. The summed E-state index contributed by atoms with van der Waals surface area (Å²) in [5.41, 5.74) is -0.830. The van der Waals surface area contributed by atoms with Crippen LogP contribution in [0.5, 0.6) is 5.75 Å². The maximum absolute atomic E-state index is 12.8. The van der Waals surface area contributed by atoms with Crippen LogP contribution in [-0.4, -0.2) is 41.7 Å². The normalized spacial score (nSPS) is 11.3. The molecule has 1 heterocycles. The maximum atomic E-state index is 12.8. The second-order valence-electron chi connectivity index (χ2n) is 5.29. The standard InChI is InChI=1S/C17H16F4N2O2S/c1-23(8-9-25-14-5-3-13(18)4-6-14)16(24)11-26-15-7-2-12(10-22-15)17(19,20)21/h2-7,10H,8-9,11H2,1H3. The van der Waals surface area contributed by atoms with Crippen LogP contribution in [-0.2, 0) is 11.0 Å². The Morgan fingerprint density at radius 2 is 1.88 bits per heavy atom. The molecule has 0 radical (unpaired) electrons. The van der Waals surface area contributed by atoms with Gasteiger partial charge in [-0.3, -0.25) is 4.79 Å². The summed E-state index contributed by atoms with van der Waals surface area (Å²) in [7, 11) is 1.59. The van der Waals surface area contributed by atoms with Gasteiger partial charge in [0.05, 0.1) is 22.9 Å². The lowest BCUT2D eigenvalue weighted by Gasteiger charge is -2.17. The number of pyridine rings is 1. The van der Waals surface area contributed by atoms with Crippen LogP contribution in [0.3, 0.4) is 0 Å². The first-order chi connectivity index (χ1) is 12.3. The van der Waals surface area contributed by atoms with Crippen molar-refractivity contribution in [3.05, 3.63) is 54.0 Å². The number of amides is 1. The maximum Gasteiger partial charge on any atom is 0.417 e. The van der Waals surface area contributed by atoms with Gasteiger partial charge in [-0.25, -0.2) is 9.37 Å². The highest BCUT2D eigenvalue weighted by molar-refractivity contribution is 7.99. The Morgan fingerprint density at radius 3 is 2.46 bits per heavy atom. The van der Waals surface area contributed by atoms with E-state index in [1.165, 1.54) is 35.2 Å². The van der Waals surface area contributed by atoms with E-state index < -0.39 is 11.7 Å². The number of rotatable bonds is 7. The van der Waals surface area contributed by atoms with Gasteiger partial charge >= 0.3 is 6.18 Å². The van der Waals surface area contributed by atoms with Crippen LogP contribution < -0.4 is 4.74 Å². The number of benzene rings is 1. The van der Waals surface area contributed by atoms with Crippen LogP contribution in [0.25, 0.3) is 0 Å². The lowest BCUT2D eigenvalue weighted by molar-refractivity contribution is -0.138. The Hall–Kier alpha value is -2.29. The Kier molecular flexibility index (Phi) is 6.84. The summed E-state index contributed by atoms with van der Waals surface area (Å²) in [5.74, 6) is -0.0284. The van der Waals surface area contributed by atoms with Crippen LogP contribution >= 0.6 is 11.8 Å². The third-order valence-electron chi connectivity index (χ3n) is 3.34. The van der Waals surface area contributed by atoms with Gasteiger partial charge in [0.1, 0.15) is 18.2 Å². The third-order valence-corrected chi connectivity index (χ3v) is 4.27. The van der Waals surface area contributed by atoms with E-state index in [1.54, 1.807) is 7.05 Å². The molecule has 9 heteroatoms. The number of likely N-dealkylation sites (N-methyl/N-ethyl adjacent to an activating group) is 1. The van der Waals surface area contributed by atoms with Gasteiger partial charge in [0.25, 0.3) is 0 Å². The molecule has 0 aliphatic carbocycles. The van der Waals surface area contributed by atoms with E-state index in [-0.39, 0.29) is 24.1 Å². The van der Waals surface area contributed by atoms with Gasteiger partial charge in [0.15, 0.2) is 0 Å². The molecule has 140 valence electrons. The highest BCUT2D eigenvalue weighted by atomic mass is 32.2. The SMILES string of the molecule is CN(CCOc1ccc(F)cc1)C(=O)CSc1ccc(C(F)(F)F)cn1. The molecule has 26 heavy (non-hydrogen) atoms. The summed E-state index contributed by atoms with van der Waals surface area (Å²) < 4.78 is 55.6. The molecule has 1 amide bonds. The van der Waals surface area contributed by atoms with Crippen molar-refractivity contribution in [3.63, 3.8) is 0 Å². The molecule has 2 rings (SSSR count). The first kappa shape index (κ1) is 20.0. The van der Waals surface area contributed by atoms with Gasteiger partial charge in [-0.05, 0) is 36.4 Å². The number of hydrogen-bond acceptors (Lipinski definition) is 4. The Labute approximate surface area is 152 Å². The zero-order valence-corrected chi connectivity index (χ0v) is 14.6. The molecule has 0 fully saturated rings. The zero-order chi connectivity index (χ0) is 19.2. The van der Waals surface area contributed by atoms with Crippen molar-refractivity contribution in [1.29, 1.82) is 0 Å². The van der Waals surface area contributed by atoms with E-state index in [4.69, 9.17) is 4.74 Å². The molecule has 0 unspecified atom stereocenters. The molecule has 0 saturated carbocycles. The average Bonchev–Trinajstić information content (AvgIpc) is 2.61. The fraction of sp³-hybridized carbons (Fsp3) is 0.294. The molecule has 0 atom stereocenters. The quantitative estimate of drug-likeness (QED) is 0.534. The zero-order valence-electron chi connectivity index (χ0n) is 13.8. The minimum absolute atomic E-state index is 0.0470. The number of aromatic nitrogens is 1. The molecule has 4 nitrogen and oxygen atoms in total. The summed E-state index contributed by atoms with van der Waals surface area (Å²) >= 11 is 1.06. The smallest absolute Gasteiger partial charge is 0.417 e. The van der Waals surface area contributed by atoms with Gasteiger partial charge in [0, 0.05) is 13.2 Å². The molecule has 0 aliphatic heterocycles. The Morgan fingerprint density at radius 1 is 1.19 bits per heavy atom. The summed E-state index contributed by atoms with van der Waals surface area (Å²) in [5, 5.41) is 0.335. The predicted molar refractivity (Wildman–Crippen MR) is 89.5 cm³/mol. The topological polar surface area (TPSA) is 42.4 Å². The van der Waals surface area contributed by atoms with E-state index in [0.717, 1.165) is 24.0 Å². The molecule has 0 bridgehead atoms.